The van der Waals surface area contributed by atoms with Crippen molar-refractivity contribution in [2.75, 3.05) is 0 Å². The molecule has 0 aliphatic heterocycles. The van der Waals surface area contributed by atoms with E-state index in [9.17, 15) is 0 Å². The van der Waals surface area contributed by atoms with Gasteiger partial charge < -0.3 is 0 Å². The van der Waals surface area contributed by atoms with Crippen LogP contribution < -0.4 is 10.6 Å². The van der Waals surface area contributed by atoms with Gasteiger partial charge in [-0.2, -0.15) is 0 Å². The van der Waals surface area contributed by atoms with E-state index in [-0.39, 0.29) is 0 Å². The van der Waals surface area contributed by atoms with Crippen LogP contribution in [-0.4, -0.2) is 8.80 Å². The molecule has 2 heteroatoms. The first-order valence-electron chi connectivity index (χ1n) is 8.97. The van der Waals surface area contributed by atoms with Crippen LogP contribution in [0.25, 0.3) is 5.31 Å². The van der Waals surface area contributed by atoms with Crippen molar-refractivity contribution in [3.8, 4) is 0 Å². The quantitative estimate of drug-likeness (QED) is 0.439. The first kappa shape index (κ1) is 16.5. The fourth-order valence-electron chi connectivity index (χ4n) is 3.70. The van der Waals surface area contributed by atoms with E-state index in [0.29, 0.717) is 5.54 Å². The van der Waals surface area contributed by atoms with Gasteiger partial charge in [0.2, 0.25) is 0 Å². The van der Waals surface area contributed by atoms with Crippen molar-refractivity contribution < 1.29 is 0 Å². The molecule has 0 spiro atoms. The van der Waals surface area contributed by atoms with Gasteiger partial charge in [0, 0.05) is 8.80 Å². The minimum atomic E-state index is -0.794. The van der Waals surface area contributed by atoms with Crippen LogP contribution in [0.3, 0.4) is 0 Å². The molecule has 1 aliphatic rings. The molecule has 0 N–H and O–H groups in total. The highest BCUT2D eigenvalue weighted by Gasteiger charge is 2.31. The Morgan fingerprint density at radius 2 is 1.20 bits per heavy atom. The molecule has 0 saturated carbocycles. The van der Waals surface area contributed by atoms with Crippen LogP contribution in [0.1, 0.15) is 16.7 Å². The highest BCUT2D eigenvalue weighted by Crippen LogP contribution is 2.54. The lowest BCUT2D eigenvalue weighted by Crippen LogP contribution is -2.12. The molecular weight excluding hydrogens is 335 g/mol. The number of hydrogen-bond donors (Lipinski definition) is 0. The zero-order valence-electron chi connectivity index (χ0n) is 14.8. The summed E-state index contributed by atoms with van der Waals surface area (Å²) in [5.74, 6) is 0. The van der Waals surface area contributed by atoms with Crippen molar-refractivity contribution in [1.29, 1.82) is 0 Å². The van der Waals surface area contributed by atoms with E-state index in [1.807, 2.05) is 0 Å². The molecule has 0 nitrogen and oxygen atoms in total. The predicted octanol–water partition coefficient (Wildman–Crippen LogP) is 5.28. The summed E-state index contributed by atoms with van der Waals surface area (Å²) in [6.45, 7) is 4.93. The van der Waals surface area contributed by atoms with Crippen molar-refractivity contribution in [3.05, 3.63) is 102 Å². The summed E-state index contributed by atoms with van der Waals surface area (Å²) in [4.78, 5) is 0. The van der Waals surface area contributed by atoms with Gasteiger partial charge in [0.05, 0.1) is 0 Å². The first-order valence-corrected chi connectivity index (χ1v) is 13.3. The van der Waals surface area contributed by atoms with Crippen molar-refractivity contribution >= 4 is 32.6 Å². The van der Waals surface area contributed by atoms with Gasteiger partial charge in [0.15, 0.2) is 0 Å². The van der Waals surface area contributed by atoms with Crippen LogP contribution in [0.2, 0.25) is 13.1 Å². The van der Waals surface area contributed by atoms with Crippen LogP contribution in [0.5, 0.6) is 0 Å². The van der Waals surface area contributed by atoms with Crippen molar-refractivity contribution in [3.63, 3.8) is 0 Å². The second-order valence-corrected chi connectivity index (χ2v) is 12.3. The van der Waals surface area contributed by atoms with Crippen LogP contribution in [0.15, 0.2) is 91.0 Å². The standard InChI is InChI=1S/C23H23PSi/c1-25(2)23-17-22(20-15-9-10-16-21(20)23)24(18-11-5-3-6-12-18)19-13-7-4-8-14-19/h3-17,23,25H,1-2H3. The van der Waals surface area contributed by atoms with E-state index >= 15 is 0 Å². The van der Waals surface area contributed by atoms with Crippen LogP contribution >= 0.6 is 7.92 Å². The third-order valence-corrected chi connectivity index (χ3v) is 9.41. The Bertz CT molecular complexity index is 845. The minimum absolute atomic E-state index is 0.507. The monoisotopic (exact) mass is 358 g/mol. The first-order chi connectivity index (χ1) is 12.3. The highest BCUT2D eigenvalue weighted by molar-refractivity contribution is 7.82. The maximum absolute atomic E-state index is 2.60. The van der Waals surface area contributed by atoms with Gasteiger partial charge in [-0.3, -0.25) is 0 Å². The molecule has 4 rings (SSSR count). The summed E-state index contributed by atoms with van der Waals surface area (Å²) in [6.07, 6.45) is 2.60. The number of rotatable bonds is 4. The van der Waals surface area contributed by atoms with Gasteiger partial charge in [-0.05, 0) is 40.5 Å². The second-order valence-electron chi connectivity index (χ2n) is 6.92. The molecule has 0 amide bonds. The van der Waals surface area contributed by atoms with Gasteiger partial charge in [0.1, 0.15) is 0 Å². The Kier molecular flexibility index (Phi) is 4.70. The van der Waals surface area contributed by atoms with Crippen molar-refractivity contribution in [2.24, 2.45) is 0 Å². The van der Waals surface area contributed by atoms with E-state index in [0.717, 1.165) is 0 Å². The summed E-state index contributed by atoms with van der Waals surface area (Å²) in [7, 11) is -1.30. The van der Waals surface area contributed by atoms with E-state index in [2.05, 4.69) is 104 Å². The predicted molar refractivity (Wildman–Crippen MR) is 115 cm³/mol. The van der Waals surface area contributed by atoms with E-state index in [4.69, 9.17) is 0 Å². The minimum Gasteiger partial charge on any atom is -0.0714 e. The average Bonchev–Trinajstić information content (AvgIpc) is 3.04. The number of benzene rings is 3. The lowest BCUT2D eigenvalue weighted by atomic mass is 10.1. The molecule has 1 unspecified atom stereocenters. The van der Waals surface area contributed by atoms with Crippen LogP contribution in [-0.2, 0) is 0 Å². The molecular formula is C23H23PSi. The molecule has 0 fully saturated rings. The molecule has 124 valence electrons. The van der Waals surface area contributed by atoms with E-state index < -0.39 is 16.7 Å². The number of fused-ring (bicyclic) bond motifs is 1. The van der Waals surface area contributed by atoms with Crippen LogP contribution in [0, 0.1) is 0 Å². The van der Waals surface area contributed by atoms with E-state index in [1.165, 1.54) is 16.2 Å². The van der Waals surface area contributed by atoms with Gasteiger partial charge in [0.25, 0.3) is 0 Å². The fraction of sp³-hybridized carbons (Fsp3) is 0.130. The lowest BCUT2D eigenvalue weighted by molar-refractivity contribution is 1.20. The Labute approximate surface area is 153 Å². The Morgan fingerprint density at radius 3 is 1.76 bits per heavy atom. The van der Waals surface area contributed by atoms with Gasteiger partial charge in [-0.1, -0.05) is 104 Å². The largest absolute Gasteiger partial charge is 0.0714 e. The molecule has 25 heavy (non-hydrogen) atoms. The zero-order valence-corrected chi connectivity index (χ0v) is 16.8. The summed E-state index contributed by atoms with van der Waals surface area (Å²) < 4.78 is 0. The SMILES string of the molecule is C[SiH](C)C1C=C(P(c2ccccc2)c2ccccc2)c2ccccc21. The molecule has 0 saturated heterocycles. The summed E-state index contributed by atoms with van der Waals surface area (Å²) >= 11 is 0. The highest BCUT2D eigenvalue weighted by atomic mass is 31.1. The number of hydrogen-bond acceptors (Lipinski definition) is 0. The molecule has 1 atom stereocenters. The molecule has 1 aliphatic carbocycles. The smallest absolute Gasteiger partial charge is 0.0436 e. The van der Waals surface area contributed by atoms with Gasteiger partial charge >= 0.3 is 0 Å². The summed E-state index contributed by atoms with van der Waals surface area (Å²) in [5, 5.41) is 4.43. The average molecular weight is 358 g/mol. The Morgan fingerprint density at radius 1 is 0.680 bits per heavy atom. The molecule has 3 aromatic rings. The number of allylic oxidation sites excluding steroid dienone is 1. The zero-order chi connectivity index (χ0) is 17.2. The van der Waals surface area contributed by atoms with Crippen molar-refractivity contribution in [2.45, 2.75) is 18.6 Å². The Balaban J connectivity index is 1.90. The maximum Gasteiger partial charge on any atom is 0.0436 e. The lowest BCUT2D eigenvalue weighted by Gasteiger charge is -2.21. The van der Waals surface area contributed by atoms with Crippen molar-refractivity contribution in [1.82, 2.24) is 0 Å². The van der Waals surface area contributed by atoms with Crippen LogP contribution in [0.4, 0.5) is 0 Å². The summed E-state index contributed by atoms with van der Waals surface area (Å²) in [5.41, 5.74) is 3.69. The van der Waals surface area contributed by atoms with Gasteiger partial charge in [-0.15, -0.1) is 0 Å². The molecule has 0 aromatic heterocycles. The van der Waals surface area contributed by atoms with E-state index in [1.54, 1.807) is 10.9 Å². The third-order valence-electron chi connectivity index (χ3n) is 4.92. The fourth-order valence-corrected chi connectivity index (χ4v) is 8.00. The third kappa shape index (κ3) is 3.15. The summed E-state index contributed by atoms with van der Waals surface area (Å²) in [6, 6.07) is 31.2. The molecule has 0 bridgehead atoms. The Hall–Kier alpha value is -1.95. The molecule has 3 aromatic carbocycles. The van der Waals surface area contributed by atoms with Gasteiger partial charge in [-0.25, -0.2) is 0 Å². The normalized spacial score (nSPS) is 16.2. The topological polar surface area (TPSA) is 0 Å². The second kappa shape index (κ2) is 7.12. The molecule has 0 heterocycles. The molecule has 0 radical (unpaired) electrons. The maximum atomic E-state index is 2.60.